The second-order valence-electron chi connectivity index (χ2n) is 8.80. The summed E-state index contributed by atoms with van der Waals surface area (Å²) in [6, 6.07) is 13.7. The van der Waals surface area contributed by atoms with Crippen molar-refractivity contribution >= 4 is 21.7 Å². The molecule has 8 heteroatoms. The molecule has 2 aromatic carbocycles. The highest BCUT2D eigenvalue weighted by molar-refractivity contribution is 7.85. The van der Waals surface area contributed by atoms with Crippen LogP contribution >= 0.6 is 0 Å². The van der Waals surface area contributed by atoms with E-state index >= 15 is 0 Å². The number of amides is 1. The summed E-state index contributed by atoms with van der Waals surface area (Å²) >= 11 is 0. The first-order valence-corrected chi connectivity index (χ1v) is 13.1. The smallest absolute Gasteiger partial charge is 0.294 e. The molecule has 2 fully saturated rings. The van der Waals surface area contributed by atoms with E-state index in [1.54, 1.807) is 11.0 Å². The average molecular weight is 470 g/mol. The van der Waals surface area contributed by atoms with E-state index < -0.39 is 10.1 Å². The van der Waals surface area contributed by atoms with Crippen molar-refractivity contribution in [3.8, 4) is 11.5 Å². The number of nitrogens with zero attached hydrogens (tertiary/aromatic N) is 1. The Kier molecular flexibility index (Phi) is 5.88. The molecule has 0 saturated heterocycles. The molecule has 1 amide bonds. The van der Waals surface area contributed by atoms with Crippen LogP contribution in [0.5, 0.6) is 11.5 Å². The minimum atomic E-state index is -3.49. The van der Waals surface area contributed by atoms with Crippen molar-refractivity contribution < 1.29 is 26.9 Å². The second kappa shape index (κ2) is 8.83. The van der Waals surface area contributed by atoms with Gasteiger partial charge in [-0.25, -0.2) is 0 Å². The van der Waals surface area contributed by atoms with E-state index in [2.05, 4.69) is 12.1 Å². The fraction of sp³-hybridized carbons (Fsp3) is 0.400. The lowest BCUT2D eigenvalue weighted by molar-refractivity contribution is -0.116. The quantitative estimate of drug-likeness (QED) is 0.385. The van der Waals surface area contributed by atoms with Crippen molar-refractivity contribution in [3.05, 3.63) is 65.4 Å². The molecular weight excluding hydrogens is 442 g/mol. The van der Waals surface area contributed by atoms with Crippen LogP contribution in [0.3, 0.4) is 0 Å². The van der Waals surface area contributed by atoms with Crippen molar-refractivity contribution in [2.24, 2.45) is 0 Å². The van der Waals surface area contributed by atoms with E-state index in [0.29, 0.717) is 35.6 Å². The molecule has 5 rings (SSSR count). The van der Waals surface area contributed by atoms with Gasteiger partial charge in [0.1, 0.15) is 24.7 Å². The lowest BCUT2D eigenvalue weighted by Crippen LogP contribution is -2.27. The number of benzene rings is 2. The fourth-order valence-corrected chi connectivity index (χ4v) is 4.39. The van der Waals surface area contributed by atoms with E-state index in [4.69, 9.17) is 13.7 Å². The molecule has 2 aromatic rings. The molecule has 0 N–H and O–H groups in total. The Hall–Kier alpha value is -2.84. The van der Waals surface area contributed by atoms with E-state index in [0.717, 1.165) is 30.3 Å². The van der Waals surface area contributed by atoms with Gasteiger partial charge < -0.3 is 14.4 Å². The Bertz CT molecular complexity index is 1180. The summed E-state index contributed by atoms with van der Waals surface area (Å²) in [6.45, 7) is 0.538. The molecule has 3 aliphatic rings. The van der Waals surface area contributed by atoms with Gasteiger partial charge in [0.15, 0.2) is 5.76 Å². The van der Waals surface area contributed by atoms with Crippen molar-refractivity contribution in [2.75, 3.05) is 30.9 Å². The van der Waals surface area contributed by atoms with Crippen molar-refractivity contribution in [1.29, 1.82) is 0 Å². The highest BCUT2D eigenvalue weighted by Gasteiger charge is 2.31. The molecule has 0 spiro atoms. The summed E-state index contributed by atoms with van der Waals surface area (Å²) in [7, 11) is -3.49. The number of carbonyl (C=O) groups excluding carboxylic acids is 1. The Labute approximate surface area is 194 Å². The maximum Gasteiger partial charge on any atom is 0.294 e. The van der Waals surface area contributed by atoms with E-state index in [1.165, 1.54) is 18.4 Å². The van der Waals surface area contributed by atoms with Gasteiger partial charge in [0, 0.05) is 12.2 Å². The molecule has 7 nitrogen and oxygen atoms in total. The van der Waals surface area contributed by atoms with Gasteiger partial charge in [-0.1, -0.05) is 12.1 Å². The molecule has 0 radical (unpaired) electrons. The summed E-state index contributed by atoms with van der Waals surface area (Å²) in [5, 5.41) is 0. The van der Waals surface area contributed by atoms with Gasteiger partial charge in [0.05, 0.1) is 6.26 Å². The normalized spacial score (nSPS) is 18.4. The molecule has 2 saturated carbocycles. The van der Waals surface area contributed by atoms with Gasteiger partial charge in [-0.3, -0.25) is 8.98 Å². The zero-order chi connectivity index (χ0) is 23.0. The Morgan fingerprint density at radius 1 is 0.970 bits per heavy atom. The molecule has 2 aliphatic carbocycles. The maximum atomic E-state index is 13.0. The van der Waals surface area contributed by atoms with Crippen LogP contribution in [-0.4, -0.2) is 40.3 Å². The maximum absolute atomic E-state index is 13.0. The third-order valence-electron chi connectivity index (χ3n) is 6.03. The predicted molar refractivity (Wildman–Crippen MR) is 124 cm³/mol. The van der Waals surface area contributed by atoms with E-state index in [-0.39, 0.29) is 19.1 Å². The monoisotopic (exact) mass is 469 g/mol. The van der Waals surface area contributed by atoms with Gasteiger partial charge in [-0.05, 0) is 85.1 Å². The molecule has 1 heterocycles. The number of ether oxygens (including phenoxy) is 2. The summed E-state index contributed by atoms with van der Waals surface area (Å²) in [6.07, 6.45) is 7.45. The first-order chi connectivity index (χ1) is 15.9. The van der Waals surface area contributed by atoms with E-state index in [1.807, 2.05) is 30.3 Å². The van der Waals surface area contributed by atoms with Crippen LogP contribution in [-0.2, 0) is 19.1 Å². The number of hydrogen-bond donors (Lipinski definition) is 0. The summed E-state index contributed by atoms with van der Waals surface area (Å²) in [5.41, 5.74) is 3.15. The topological polar surface area (TPSA) is 82.1 Å². The van der Waals surface area contributed by atoms with Crippen molar-refractivity contribution in [2.45, 2.75) is 37.5 Å². The van der Waals surface area contributed by atoms with Gasteiger partial charge in [-0.2, -0.15) is 8.42 Å². The minimum absolute atomic E-state index is 0.0401. The fourth-order valence-electron chi connectivity index (χ4n) is 4.02. The lowest BCUT2D eigenvalue weighted by atomic mass is 10.1. The highest BCUT2D eigenvalue weighted by Crippen LogP contribution is 2.46. The van der Waals surface area contributed by atoms with Crippen LogP contribution in [0.4, 0.5) is 5.69 Å². The van der Waals surface area contributed by atoms with Crippen LogP contribution < -0.4 is 14.4 Å². The summed E-state index contributed by atoms with van der Waals surface area (Å²) in [5.74, 6) is 2.60. The van der Waals surface area contributed by atoms with Crippen LogP contribution in [0.25, 0.3) is 0 Å². The Balaban J connectivity index is 1.23. The van der Waals surface area contributed by atoms with Gasteiger partial charge in [-0.15, -0.1) is 0 Å². The number of anilines is 1. The Morgan fingerprint density at radius 3 is 2.36 bits per heavy atom. The lowest BCUT2D eigenvalue weighted by Gasteiger charge is -2.19. The molecule has 174 valence electrons. The predicted octanol–water partition coefficient (Wildman–Crippen LogP) is 4.11. The van der Waals surface area contributed by atoms with Gasteiger partial charge in [0.2, 0.25) is 0 Å². The Morgan fingerprint density at radius 2 is 1.70 bits per heavy atom. The molecular formula is C25H27NO6S. The van der Waals surface area contributed by atoms with Crippen LogP contribution in [0.1, 0.15) is 48.6 Å². The summed E-state index contributed by atoms with van der Waals surface area (Å²) < 4.78 is 38.6. The molecule has 0 aromatic heterocycles. The zero-order valence-corrected chi connectivity index (χ0v) is 19.3. The minimum Gasteiger partial charge on any atom is -0.491 e. The molecule has 1 aliphatic heterocycles. The highest BCUT2D eigenvalue weighted by atomic mass is 32.2. The van der Waals surface area contributed by atoms with Gasteiger partial charge in [0.25, 0.3) is 16.0 Å². The van der Waals surface area contributed by atoms with E-state index in [9.17, 15) is 13.2 Å². The first-order valence-electron chi connectivity index (χ1n) is 11.3. The largest absolute Gasteiger partial charge is 0.491 e. The SMILES string of the molecule is CS(=O)(=O)OCCOc1ccc(N2CC=C(Oc3ccc(C4CC4)cc3)C2=O)cc1C1CC1. The van der Waals surface area contributed by atoms with Crippen LogP contribution in [0.15, 0.2) is 54.3 Å². The number of rotatable bonds is 10. The number of carbonyl (C=O) groups is 1. The van der Waals surface area contributed by atoms with Crippen molar-refractivity contribution in [3.63, 3.8) is 0 Å². The second-order valence-corrected chi connectivity index (χ2v) is 10.4. The number of hydrogen-bond acceptors (Lipinski definition) is 6. The first kappa shape index (κ1) is 22.0. The zero-order valence-electron chi connectivity index (χ0n) is 18.5. The van der Waals surface area contributed by atoms with Crippen LogP contribution in [0, 0.1) is 0 Å². The molecule has 0 unspecified atom stereocenters. The third-order valence-corrected chi connectivity index (χ3v) is 6.63. The molecule has 33 heavy (non-hydrogen) atoms. The average Bonchev–Trinajstić information content (AvgIpc) is 3.70. The molecule has 0 atom stereocenters. The van der Waals surface area contributed by atoms with Crippen LogP contribution in [0.2, 0.25) is 0 Å². The van der Waals surface area contributed by atoms with Gasteiger partial charge >= 0.3 is 0 Å². The molecule has 0 bridgehead atoms. The third kappa shape index (κ3) is 5.39. The standard InChI is InChI=1S/C25H27NO6S/c1-33(28,29)31-15-14-30-23-11-8-20(16-22(23)19-4-5-19)26-13-12-24(25(26)27)32-21-9-6-18(7-10-21)17-2-3-17/h6-12,16-17,19H,2-5,13-15H2,1H3. The van der Waals surface area contributed by atoms with Crippen molar-refractivity contribution in [1.82, 2.24) is 0 Å². The summed E-state index contributed by atoms with van der Waals surface area (Å²) in [4.78, 5) is 14.7.